The maximum absolute atomic E-state index is 6.12. The molecule has 2 atom stereocenters. The molecule has 0 saturated heterocycles. The molecule has 0 spiro atoms. The predicted octanol–water partition coefficient (Wildman–Crippen LogP) is 3.06. The first kappa shape index (κ1) is 13.2. The van der Waals surface area contributed by atoms with Gasteiger partial charge < -0.3 is 10.5 Å². The number of nitrogens with two attached hydrogens (primary N) is 1. The minimum atomic E-state index is 0.0747. The predicted molar refractivity (Wildman–Crippen MR) is 68.5 cm³/mol. The molecular formula is C14H23NO. The number of methoxy groups -OCH3 is 1. The Morgan fingerprint density at radius 2 is 1.88 bits per heavy atom. The first-order valence-electron chi connectivity index (χ1n) is 6.04. The number of benzene rings is 1. The fourth-order valence-corrected chi connectivity index (χ4v) is 1.81. The van der Waals surface area contributed by atoms with E-state index in [1.807, 2.05) is 6.92 Å². The second kappa shape index (κ2) is 6.66. The average molecular weight is 221 g/mol. The highest BCUT2D eigenvalue weighted by Crippen LogP contribution is 2.18. The van der Waals surface area contributed by atoms with Gasteiger partial charge in [-0.3, -0.25) is 0 Å². The van der Waals surface area contributed by atoms with E-state index >= 15 is 0 Å². The maximum atomic E-state index is 6.12. The van der Waals surface area contributed by atoms with Crippen molar-refractivity contribution in [3.8, 4) is 0 Å². The highest BCUT2D eigenvalue weighted by molar-refractivity contribution is 5.25. The number of aryl methyl sites for hydroxylation is 1. The van der Waals surface area contributed by atoms with Gasteiger partial charge in [0.2, 0.25) is 0 Å². The zero-order chi connectivity index (χ0) is 12.0. The molecule has 1 rings (SSSR count). The smallest absolute Gasteiger partial charge is 0.0561 e. The normalized spacial score (nSPS) is 14.8. The first-order chi connectivity index (χ1) is 7.67. The van der Waals surface area contributed by atoms with Crippen LogP contribution in [0.2, 0.25) is 0 Å². The van der Waals surface area contributed by atoms with Gasteiger partial charge in [0.1, 0.15) is 0 Å². The summed E-state index contributed by atoms with van der Waals surface area (Å²) in [6.07, 6.45) is 3.41. The lowest BCUT2D eigenvalue weighted by Gasteiger charge is -2.16. The van der Waals surface area contributed by atoms with E-state index in [1.54, 1.807) is 7.11 Å². The van der Waals surface area contributed by atoms with Gasteiger partial charge in [-0.25, -0.2) is 0 Å². The van der Waals surface area contributed by atoms with Gasteiger partial charge in [0, 0.05) is 13.2 Å². The van der Waals surface area contributed by atoms with Gasteiger partial charge >= 0.3 is 0 Å². The monoisotopic (exact) mass is 221 g/mol. The first-order valence-corrected chi connectivity index (χ1v) is 6.04. The Morgan fingerprint density at radius 3 is 2.38 bits per heavy atom. The van der Waals surface area contributed by atoms with Crippen LogP contribution >= 0.6 is 0 Å². The van der Waals surface area contributed by atoms with Crippen LogP contribution in [0.4, 0.5) is 0 Å². The van der Waals surface area contributed by atoms with Crippen LogP contribution in [0.3, 0.4) is 0 Å². The van der Waals surface area contributed by atoms with E-state index in [1.165, 1.54) is 17.5 Å². The van der Waals surface area contributed by atoms with E-state index in [0.29, 0.717) is 0 Å². The zero-order valence-electron chi connectivity index (χ0n) is 10.6. The van der Waals surface area contributed by atoms with Gasteiger partial charge in [-0.05, 0) is 30.9 Å². The van der Waals surface area contributed by atoms with Gasteiger partial charge in [-0.1, -0.05) is 37.6 Å². The molecule has 0 amide bonds. The Bertz CT molecular complexity index is 294. The quantitative estimate of drug-likeness (QED) is 0.801. The minimum absolute atomic E-state index is 0.0747. The van der Waals surface area contributed by atoms with Crippen molar-refractivity contribution in [2.24, 2.45) is 5.73 Å². The van der Waals surface area contributed by atoms with Crippen molar-refractivity contribution in [2.75, 3.05) is 7.11 Å². The lowest BCUT2D eigenvalue weighted by molar-refractivity contribution is 0.104. The third-order valence-electron chi connectivity index (χ3n) is 2.93. The van der Waals surface area contributed by atoms with Crippen LogP contribution in [-0.4, -0.2) is 13.2 Å². The molecule has 0 aliphatic rings. The molecule has 2 heteroatoms. The molecule has 0 aliphatic carbocycles. The van der Waals surface area contributed by atoms with Gasteiger partial charge in [0.05, 0.1) is 6.10 Å². The summed E-state index contributed by atoms with van der Waals surface area (Å²) < 4.78 is 5.22. The van der Waals surface area contributed by atoms with Crippen LogP contribution in [0.5, 0.6) is 0 Å². The third-order valence-corrected chi connectivity index (χ3v) is 2.93. The summed E-state index contributed by atoms with van der Waals surface area (Å²) in [6, 6.07) is 8.70. The summed E-state index contributed by atoms with van der Waals surface area (Å²) in [5, 5.41) is 0. The second-order valence-electron chi connectivity index (χ2n) is 4.38. The Kier molecular flexibility index (Phi) is 5.50. The van der Waals surface area contributed by atoms with E-state index in [-0.39, 0.29) is 12.1 Å². The molecule has 1 aromatic rings. The molecule has 2 unspecified atom stereocenters. The number of rotatable bonds is 6. The molecule has 0 saturated carbocycles. The molecule has 0 bridgehead atoms. The Labute approximate surface area is 98.8 Å². The van der Waals surface area contributed by atoms with Gasteiger partial charge in [-0.15, -0.1) is 0 Å². The van der Waals surface area contributed by atoms with Crippen LogP contribution in [0.25, 0.3) is 0 Å². The van der Waals surface area contributed by atoms with E-state index < -0.39 is 0 Å². The molecule has 0 radical (unpaired) electrons. The average Bonchev–Trinajstić information content (AvgIpc) is 2.30. The van der Waals surface area contributed by atoms with Crippen molar-refractivity contribution < 1.29 is 4.74 Å². The van der Waals surface area contributed by atoms with Crippen molar-refractivity contribution in [3.05, 3.63) is 35.4 Å². The summed E-state index contributed by atoms with van der Waals surface area (Å²) in [5.74, 6) is 0. The summed E-state index contributed by atoms with van der Waals surface area (Å²) in [6.45, 7) is 4.24. The molecule has 2 N–H and O–H groups in total. The lowest BCUT2D eigenvalue weighted by Crippen LogP contribution is -2.18. The summed E-state index contributed by atoms with van der Waals surface area (Å²) in [4.78, 5) is 0. The number of hydrogen-bond donors (Lipinski definition) is 1. The van der Waals surface area contributed by atoms with Crippen molar-refractivity contribution in [2.45, 2.75) is 45.3 Å². The van der Waals surface area contributed by atoms with E-state index in [9.17, 15) is 0 Å². The fourth-order valence-electron chi connectivity index (χ4n) is 1.81. The highest BCUT2D eigenvalue weighted by Gasteiger charge is 2.10. The zero-order valence-corrected chi connectivity index (χ0v) is 10.6. The van der Waals surface area contributed by atoms with Crippen molar-refractivity contribution in [3.63, 3.8) is 0 Å². The second-order valence-corrected chi connectivity index (χ2v) is 4.38. The van der Waals surface area contributed by atoms with Crippen LogP contribution in [0.1, 0.15) is 43.9 Å². The van der Waals surface area contributed by atoms with Crippen LogP contribution in [-0.2, 0) is 11.2 Å². The van der Waals surface area contributed by atoms with Crippen LogP contribution in [0.15, 0.2) is 24.3 Å². The lowest BCUT2D eigenvalue weighted by atomic mass is 9.99. The van der Waals surface area contributed by atoms with Crippen LogP contribution in [0, 0.1) is 0 Å². The van der Waals surface area contributed by atoms with E-state index in [0.717, 1.165) is 12.8 Å². The molecule has 90 valence electrons. The molecule has 2 nitrogen and oxygen atoms in total. The summed E-state index contributed by atoms with van der Waals surface area (Å²) in [5.41, 5.74) is 8.70. The van der Waals surface area contributed by atoms with Crippen molar-refractivity contribution in [1.82, 2.24) is 0 Å². The van der Waals surface area contributed by atoms with Gasteiger partial charge in [-0.2, -0.15) is 0 Å². The SMILES string of the molecule is CCCc1ccc(C(N)CC(C)OC)cc1. The van der Waals surface area contributed by atoms with Gasteiger partial charge in [0.15, 0.2) is 0 Å². The molecule has 16 heavy (non-hydrogen) atoms. The van der Waals surface area contributed by atoms with E-state index in [4.69, 9.17) is 10.5 Å². The minimum Gasteiger partial charge on any atom is -0.382 e. The number of hydrogen-bond acceptors (Lipinski definition) is 2. The molecule has 0 aliphatic heterocycles. The fraction of sp³-hybridized carbons (Fsp3) is 0.571. The number of ether oxygens (including phenoxy) is 1. The van der Waals surface area contributed by atoms with Gasteiger partial charge in [0.25, 0.3) is 0 Å². The van der Waals surface area contributed by atoms with Crippen LogP contribution < -0.4 is 5.73 Å². The topological polar surface area (TPSA) is 35.2 Å². The molecule has 0 aromatic heterocycles. The summed E-state index contributed by atoms with van der Waals surface area (Å²) in [7, 11) is 1.72. The van der Waals surface area contributed by atoms with Crippen molar-refractivity contribution >= 4 is 0 Å². The molecule has 0 heterocycles. The summed E-state index contributed by atoms with van der Waals surface area (Å²) >= 11 is 0. The third kappa shape index (κ3) is 3.95. The molecular weight excluding hydrogens is 198 g/mol. The van der Waals surface area contributed by atoms with E-state index in [2.05, 4.69) is 31.2 Å². The Morgan fingerprint density at radius 1 is 1.25 bits per heavy atom. The molecule has 1 aromatic carbocycles. The highest BCUT2D eigenvalue weighted by atomic mass is 16.5. The maximum Gasteiger partial charge on any atom is 0.0561 e. The standard InChI is InChI=1S/C14H23NO/c1-4-5-12-6-8-13(9-7-12)14(15)10-11(2)16-3/h6-9,11,14H,4-5,10,15H2,1-3H3. The Hall–Kier alpha value is -0.860. The van der Waals surface area contributed by atoms with Crippen molar-refractivity contribution in [1.29, 1.82) is 0 Å². The molecule has 0 fully saturated rings. The largest absolute Gasteiger partial charge is 0.382 e. The Balaban J connectivity index is 2.59.